The van der Waals surface area contributed by atoms with Gasteiger partial charge in [0.1, 0.15) is 5.69 Å². The maximum absolute atomic E-state index is 5.43. The normalized spacial score (nSPS) is 12.4. The van der Waals surface area contributed by atoms with Gasteiger partial charge in [-0.25, -0.2) is 0 Å². The molecule has 0 aliphatic carbocycles. The molecular weight excluding hydrogens is 252 g/mol. The Labute approximate surface area is 120 Å². The lowest BCUT2D eigenvalue weighted by Gasteiger charge is -2.20. The first-order valence-electron chi connectivity index (χ1n) is 6.90. The van der Waals surface area contributed by atoms with Gasteiger partial charge in [-0.05, 0) is 32.0 Å². The summed E-state index contributed by atoms with van der Waals surface area (Å²) in [6.07, 6.45) is 2.80. The first-order valence-corrected chi connectivity index (χ1v) is 6.90. The summed E-state index contributed by atoms with van der Waals surface area (Å²) in [6.45, 7) is 5.06. The zero-order chi connectivity index (χ0) is 14.5. The summed E-state index contributed by atoms with van der Waals surface area (Å²) >= 11 is 0. The minimum atomic E-state index is -0.0164. The average Bonchev–Trinajstić information content (AvgIpc) is 2.81. The van der Waals surface area contributed by atoms with Gasteiger partial charge >= 0.3 is 0 Å². The molecule has 2 rings (SSSR count). The van der Waals surface area contributed by atoms with Crippen molar-refractivity contribution in [1.82, 2.24) is 20.1 Å². The average molecular weight is 274 g/mol. The number of nitrogens with one attached hydrogen (secondary N) is 1. The Hall–Kier alpha value is -1.88. The van der Waals surface area contributed by atoms with E-state index in [9.17, 15) is 0 Å². The number of aromatic nitrogens is 3. The van der Waals surface area contributed by atoms with E-state index in [1.165, 1.54) is 0 Å². The van der Waals surface area contributed by atoms with Crippen molar-refractivity contribution in [3.05, 3.63) is 41.5 Å². The highest BCUT2D eigenvalue weighted by molar-refractivity contribution is 5.34. The Kier molecular flexibility index (Phi) is 4.74. The van der Waals surface area contributed by atoms with Gasteiger partial charge in [-0.3, -0.25) is 9.67 Å². The molecule has 20 heavy (non-hydrogen) atoms. The molecule has 5 heteroatoms. The van der Waals surface area contributed by atoms with E-state index in [2.05, 4.69) is 22.3 Å². The lowest BCUT2D eigenvalue weighted by atomic mass is 10.1. The summed E-state index contributed by atoms with van der Waals surface area (Å²) in [5, 5.41) is 7.82. The van der Waals surface area contributed by atoms with Crippen molar-refractivity contribution in [3.63, 3.8) is 0 Å². The van der Waals surface area contributed by atoms with E-state index in [1.807, 2.05) is 36.9 Å². The number of methoxy groups -OCH3 is 1. The van der Waals surface area contributed by atoms with Gasteiger partial charge in [0, 0.05) is 12.7 Å². The van der Waals surface area contributed by atoms with Crippen LogP contribution in [0.3, 0.4) is 0 Å². The molecule has 0 saturated heterocycles. The SMILES string of the molecule is CCCNC(c1cccc(C)n1)c1c(OC)cnn1C. The molecule has 2 heterocycles. The van der Waals surface area contributed by atoms with Crippen molar-refractivity contribution in [2.24, 2.45) is 7.05 Å². The summed E-state index contributed by atoms with van der Waals surface area (Å²) in [4.78, 5) is 4.64. The zero-order valence-corrected chi connectivity index (χ0v) is 12.6. The minimum absolute atomic E-state index is 0.0164. The zero-order valence-electron chi connectivity index (χ0n) is 12.6. The molecule has 2 aromatic rings. The van der Waals surface area contributed by atoms with E-state index in [4.69, 9.17) is 4.74 Å². The highest BCUT2D eigenvalue weighted by Crippen LogP contribution is 2.28. The maximum Gasteiger partial charge on any atom is 0.161 e. The number of pyridine rings is 1. The molecule has 2 aromatic heterocycles. The highest BCUT2D eigenvalue weighted by atomic mass is 16.5. The van der Waals surface area contributed by atoms with Gasteiger partial charge in [-0.2, -0.15) is 5.10 Å². The van der Waals surface area contributed by atoms with E-state index >= 15 is 0 Å². The van der Waals surface area contributed by atoms with Gasteiger partial charge in [-0.15, -0.1) is 0 Å². The fourth-order valence-electron chi connectivity index (χ4n) is 2.27. The van der Waals surface area contributed by atoms with Crippen LogP contribution in [0, 0.1) is 6.92 Å². The van der Waals surface area contributed by atoms with Crippen LogP contribution < -0.4 is 10.1 Å². The molecule has 0 spiro atoms. The Bertz CT molecular complexity index is 565. The molecule has 0 radical (unpaired) electrons. The Morgan fingerprint density at radius 1 is 1.40 bits per heavy atom. The van der Waals surface area contributed by atoms with Crippen molar-refractivity contribution in [3.8, 4) is 5.75 Å². The number of rotatable bonds is 6. The fourth-order valence-corrected chi connectivity index (χ4v) is 2.27. The third-order valence-electron chi connectivity index (χ3n) is 3.25. The molecule has 0 saturated carbocycles. The monoisotopic (exact) mass is 274 g/mol. The molecule has 1 atom stereocenters. The van der Waals surface area contributed by atoms with E-state index < -0.39 is 0 Å². The van der Waals surface area contributed by atoms with Gasteiger partial charge in [0.2, 0.25) is 0 Å². The lowest BCUT2D eigenvalue weighted by Crippen LogP contribution is -2.26. The summed E-state index contributed by atoms with van der Waals surface area (Å²) in [5.74, 6) is 0.782. The molecule has 0 aliphatic rings. The molecule has 1 unspecified atom stereocenters. The van der Waals surface area contributed by atoms with Crippen LogP contribution in [-0.2, 0) is 7.05 Å². The molecule has 0 aromatic carbocycles. The lowest BCUT2D eigenvalue weighted by molar-refractivity contribution is 0.399. The molecule has 5 nitrogen and oxygen atoms in total. The number of hydrogen-bond donors (Lipinski definition) is 1. The van der Waals surface area contributed by atoms with E-state index in [1.54, 1.807) is 13.3 Å². The van der Waals surface area contributed by atoms with Crippen LogP contribution >= 0.6 is 0 Å². The molecule has 108 valence electrons. The van der Waals surface area contributed by atoms with Gasteiger partial charge in [0.25, 0.3) is 0 Å². The number of hydrogen-bond acceptors (Lipinski definition) is 4. The molecule has 0 fully saturated rings. The molecule has 0 aliphatic heterocycles. The predicted octanol–water partition coefficient (Wildman–Crippen LogP) is 2.22. The minimum Gasteiger partial charge on any atom is -0.493 e. The third-order valence-corrected chi connectivity index (χ3v) is 3.25. The van der Waals surface area contributed by atoms with E-state index in [-0.39, 0.29) is 6.04 Å². The Balaban J connectivity index is 2.44. The van der Waals surface area contributed by atoms with E-state index in [0.717, 1.165) is 35.8 Å². The van der Waals surface area contributed by atoms with Crippen LogP contribution in [0.25, 0.3) is 0 Å². The molecular formula is C15H22N4O. The highest BCUT2D eigenvalue weighted by Gasteiger charge is 2.23. The summed E-state index contributed by atoms with van der Waals surface area (Å²) in [6, 6.07) is 6.05. The van der Waals surface area contributed by atoms with Gasteiger partial charge in [-0.1, -0.05) is 13.0 Å². The van der Waals surface area contributed by atoms with Crippen molar-refractivity contribution in [2.75, 3.05) is 13.7 Å². The number of aryl methyl sites for hydroxylation is 2. The Morgan fingerprint density at radius 3 is 2.85 bits per heavy atom. The molecule has 0 amide bonds. The van der Waals surface area contributed by atoms with Crippen LogP contribution in [0.5, 0.6) is 5.75 Å². The Morgan fingerprint density at radius 2 is 2.20 bits per heavy atom. The van der Waals surface area contributed by atoms with Crippen LogP contribution in [0.15, 0.2) is 24.4 Å². The van der Waals surface area contributed by atoms with Crippen molar-refractivity contribution in [2.45, 2.75) is 26.3 Å². The largest absolute Gasteiger partial charge is 0.493 e. The van der Waals surface area contributed by atoms with Crippen LogP contribution in [-0.4, -0.2) is 28.4 Å². The standard InChI is InChI=1S/C15H22N4O/c1-5-9-16-14(12-8-6-7-11(2)18-12)15-13(20-4)10-17-19(15)3/h6-8,10,14,16H,5,9H2,1-4H3. The third kappa shape index (κ3) is 2.99. The van der Waals surface area contributed by atoms with Gasteiger partial charge in [0.05, 0.1) is 25.0 Å². The first kappa shape index (κ1) is 14.5. The first-order chi connectivity index (χ1) is 9.67. The molecule has 1 N–H and O–H groups in total. The topological polar surface area (TPSA) is 52.0 Å². The van der Waals surface area contributed by atoms with E-state index in [0.29, 0.717) is 0 Å². The second kappa shape index (κ2) is 6.52. The second-order valence-corrected chi connectivity index (χ2v) is 4.81. The fraction of sp³-hybridized carbons (Fsp3) is 0.467. The van der Waals surface area contributed by atoms with Crippen LogP contribution in [0.1, 0.15) is 36.5 Å². The second-order valence-electron chi connectivity index (χ2n) is 4.81. The summed E-state index contributed by atoms with van der Waals surface area (Å²) in [7, 11) is 3.59. The summed E-state index contributed by atoms with van der Waals surface area (Å²) in [5.41, 5.74) is 2.99. The van der Waals surface area contributed by atoms with Crippen molar-refractivity contribution in [1.29, 1.82) is 0 Å². The number of nitrogens with zero attached hydrogens (tertiary/aromatic N) is 3. The van der Waals surface area contributed by atoms with Crippen LogP contribution in [0.4, 0.5) is 0 Å². The van der Waals surface area contributed by atoms with Crippen molar-refractivity contribution < 1.29 is 4.74 Å². The van der Waals surface area contributed by atoms with Gasteiger partial charge in [0.15, 0.2) is 5.75 Å². The number of ether oxygens (including phenoxy) is 1. The predicted molar refractivity (Wildman–Crippen MR) is 78.9 cm³/mol. The quantitative estimate of drug-likeness (QED) is 0.877. The van der Waals surface area contributed by atoms with Crippen molar-refractivity contribution >= 4 is 0 Å². The smallest absolute Gasteiger partial charge is 0.161 e. The van der Waals surface area contributed by atoms with Gasteiger partial charge < -0.3 is 10.1 Å². The maximum atomic E-state index is 5.43. The summed E-state index contributed by atoms with van der Waals surface area (Å²) < 4.78 is 7.27. The molecule has 0 bridgehead atoms. The van der Waals surface area contributed by atoms with Crippen LogP contribution in [0.2, 0.25) is 0 Å².